The average molecular weight is 287 g/mol. The number of piperidine rings is 1. The molecule has 0 atom stereocenters. The molecular formula is C14H20Cl2N2. The van der Waals surface area contributed by atoms with Crippen LogP contribution in [-0.2, 0) is 5.88 Å². The highest BCUT2D eigenvalue weighted by molar-refractivity contribution is 6.33. The van der Waals surface area contributed by atoms with Crippen molar-refractivity contribution in [2.24, 2.45) is 0 Å². The van der Waals surface area contributed by atoms with Crippen molar-refractivity contribution >= 4 is 28.9 Å². The summed E-state index contributed by atoms with van der Waals surface area (Å²) in [5, 5.41) is 0.801. The predicted molar refractivity (Wildman–Crippen MR) is 79.9 cm³/mol. The molecule has 1 aliphatic rings. The third-order valence-electron chi connectivity index (χ3n) is 3.78. The Morgan fingerprint density at radius 2 is 2.00 bits per heavy atom. The van der Waals surface area contributed by atoms with E-state index in [-0.39, 0.29) is 0 Å². The largest absolute Gasteiger partial charge is 0.370 e. The summed E-state index contributed by atoms with van der Waals surface area (Å²) in [6, 6.07) is 6.69. The zero-order chi connectivity index (χ0) is 13.1. The lowest BCUT2D eigenvalue weighted by molar-refractivity contribution is 0.253. The standard InChI is InChI=1S/C14H20Cl2N2/c1-17-7-5-12(6-8-17)18(2)14-4-3-11(10-15)9-13(14)16/h3-4,9,12H,5-8,10H2,1-2H3. The Morgan fingerprint density at radius 3 is 2.56 bits per heavy atom. The van der Waals surface area contributed by atoms with Crippen molar-refractivity contribution in [3.63, 3.8) is 0 Å². The molecule has 0 unspecified atom stereocenters. The minimum Gasteiger partial charge on any atom is -0.370 e. The molecule has 1 fully saturated rings. The smallest absolute Gasteiger partial charge is 0.0642 e. The monoisotopic (exact) mass is 286 g/mol. The third kappa shape index (κ3) is 3.11. The van der Waals surface area contributed by atoms with Gasteiger partial charge < -0.3 is 9.80 Å². The lowest BCUT2D eigenvalue weighted by atomic mass is 10.0. The van der Waals surface area contributed by atoms with E-state index in [1.165, 1.54) is 12.8 Å². The molecule has 2 nitrogen and oxygen atoms in total. The quantitative estimate of drug-likeness (QED) is 0.784. The maximum Gasteiger partial charge on any atom is 0.0642 e. The van der Waals surface area contributed by atoms with Gasteiger partial charge >= 0.3 is 0 Å². The topological polar surface area (TPSA) is 6.48 Å². The molecule has 0 bridgehead atoms. The third-order valence-corrected chi connectivity index (χ3v) is 4.39. The van der Waals surface area contributed by atoms with Gasteiger partial charge in [0.05, 0.1) is 10.7 Å². The first-order valence-electron chi connectivity index (χ1n) is 6.37. The highest BCUT2D eigenvalue weighted by Gasteiger charge is 2.21. The van der Waals surface area contributed by atoms with Crippen LogP contribution >= 0.6 is 23.2 Å². The van der Waals surface area contributed by atoms with Crippen molar-refractivity contribution in [3.8, 4) is 0 Å². The van der Waals surface area contributed by atoms with Gasteiger partial charge in [0, 0.05) is 19.0 Å². The zero-order valence-corrected chi connectivity index (χ0v) is 12.5. The molecule has 4 heteroatoms. The Hall–Kier alpha value is -0.440. The molecule has 0 aromatic heterocycles. The molecule has 18 heavy (non-hydrogen) atoms. The number of halogens is 2. The Balaban J connectivity index is 2.11. The molecule has 1 aliphatic heterocycles. The van der Waals surface area contributed by atoms with Gasteiger partial charge in [0.1, 0.15) is 0 Å². The molecule has 100 valence electrons. The second-order valence-corrected chi connectivity index (χ2v) is 5.74. The SMILES string of the molecule is CN1CCC(N(C)c2ccc(CCl)cc2Cl)CC1. The van der Waals surface area contributed by atoms with Gasteiger partial charge in [0.15, 0.2) is 0 Å². The van der Waals surface area contributed by atoms with Crippen LogP contribution in [0.25, 0.3) is 0 Å². The summed E-state index contributed by atoms with van der Waals surface area (Å²) in [6.45, 7) is 2.32. The van der Waals surface area contributed by atoms with Crippen LogP contribution in [0.2, 0.25) is 5.02 Å². The van der Waals surface area contributed by atoms with Crippen LogP contribution in [0.15, 0.2) is 18.2 Å². The number of anilines is 1. The van der Waals surface area contributed by atoms with Crippen LogP contribution < -0.4 is 4.90 Å². The fraction of sp³-hybridized carbons (Fsp3) is 0.571. The maximum absolute atomic E-state index is 6.34. The van der Waals surface area contributed by atoms with E-state index in [4.69, 9.17) is 23.2 Å². The normalized spacial score (nSPS) is 18.0. The molecule has 1 aromatic rings. The van der Waals surface area contributed by atoms with Gasteiger partial charge in [0.25, 0.3) is 0 Å². The minimum atomic E-state index is 0.512. The lowest BCUT2D eigenvalue weighted by Gasteiger charge is -2.36. The highest BCUT2D eigenvalue weighted by Crippen LogP contribution is 2.30. The molecule has 1 saturated heterocycles. The van der Waals surface area contributed by atoms with Gasteiger partial charge in [0.2, 0.25) is 0 Å². The Morgan fingerprint density at radius 1 is 1.33 bits per heavy atom. The van der Waals surface area contributed by atoms with E-state index in [0.717, 1.165) is 29.4 Å². The fourth-order valence-corrected chi connectivity index (χ4v) is 3.00. The van der Waals surface area contributed by atoms with Crippen LogP contribution in [0.3, 0.4) is 0 Å². The second kappa shape index (κ2) is 6.14. The van der Waals surface area contributed by atoms with Gasteiger partial charge in [-0.05, 0) is 50.7 Å². The zero-order valence-electron chi connectivity index (χ0n) is 11.0. The molecule has 0 saturated carbocycles. The number of rotatable bonds is 3. The van der Waals surface area contributed by atoms with E-state index in [1.54, 1.807) is 0 Å². The molecule has 0 radical (unpaired) electrons. The van der Waals surface area contributed by atoms with Crippen molar-refractivity contribution in [3.05, 3.63) is 28.8 Å². The van der Waals surface area contributed by atoms with Crippen molar-refractivity contribution < 1.29 is 0 Å². The van der Waals surface area contributed by atoms with Crippen molar-refractivity contribution in [1.29, 1.82) is 0 Å². The average Bonchev–Trinajstić information content (AvgIpc) is 2.38. The fourth-order valence-electron chi connectivity index (χ4n) is 2.50. The van der Waals surface area contributed by atoms with E-state index in [0.29, 0.717) is 11.9 Å². The van der Waals surface area contributed by atoms with Crippen LogP contribution in [0, 0.1) is 0 Å². The summed E-state index contributed by atoms with van der Waals surface area (Å²) in [5.41, 5.74) is 2.18. The summed E-state index contributed by atoms with van der Waals surface area (Å²) in [5.74, 6) is 0.512. The summed E-state index contributed by atoms with van der Waals surface area (Å²) < 4.78 is 0. The van der Waals surface area contributed by atoms with E-state index < -0.39 is 0 Å². The van der Waals surface area contributed by atoms with Gasteiger partial charge in [-0.2, -0.15) is 0 Å². The Bertz CT molecular complexity index is 401. The summed E-state index contributed by atoms with van der Waals surface area (Å²) >= 11 is 12.2. The van der Waals surface area contributed by atoms with Crippen LogP contribution in [0.5, 0.6) is 0 Å². The molecule has 0 amide bonds. The van der Waals surface area contributed by atoms with Crippen LogP contribution in [-0.4, -0.2) is 38.1 Å². The van der Waals surface area contributed by atoms with Gasteiger partial charge in [-0.3, -0.25) is 0 Å². The van der Waals surface area contributed by atoms with Gasteiger partial charge in [-0.15, -0.1) is 11.6 Å². The van der Waals surface area contributed by atoms with Crippen LogP contribution in [0.4, 0.5) is 5.69 Å². The predicted octanol–water partition coefficient (Wildman–Crippen LogP) is 3.61. The van der Waals surface area contributed by atoms with Gasteiger partial charge in [-0.25, -0.2) is 0 Å². The van der Waals surface area contributed by atoms with Gasteiger partial charge in [-0.1, -0.05) is 17.7 Å². The van der Waals surface area contributed by atoms with E-state index >= 15 is 0 Å². The Kier molecular flexibility index (Phi) is 4.77. The van der Waals surface area contributed by atoms with E-state index in [2.05, 4.69) is 36.0 Å². The molecule has 2 rings (SSSR count). The first kappa shape index (κ1) is 14.0. The second-order valence-electron chi connectivity index (χ2n) is 5.06. The number of likely N-dealkylation sites (tertiary alicyclic amines) is 1. The molecular weight excluding hydrogens is 267 g/mol. The lowest BCUT2D eigenvalue weighted by Crippen LogP contribution is -2.42. The first-order valence-corrected chi connectivity index (χ1v) is 7.29. The number of alkyl halides is 1. The number of benzene rings is 1. The molecule has 1 heterocycles. The summed E-state index contributed by atoms with van der Waals surface area (Å²) in [6.07, 6.45) is 2.39. The molecule has 0 N–H and O–H groups in total. The molecule has 0 spiro atoms. The van der Waals surface area contributed by atoms with Crippen molar-refractivity contribution in [2.45, 2.75) is 24.8 Å². The molecule has 1 aromatic carbocycles. The summed E-state index contributed by atoms with van der Waals surface area (Å²) in [7, 11) is 4.32. The molecule has 0 aliphatic carbocycles. The number of hydrogen-bond acceptors (Lipinski definition) is 2. The van der Waals surface area contributed by atoms with E-state index in [9.17, 15) is 0 Å². The maximum atomic E-state index is 6.34. The highest BCUT2D eigenvalue weighted by atomic mass is 35.5. The van der Waals surface area contributed by atoms with Crippen LogP contribution in [0.1, 0.15) is 18.4 Å². The minimum absolute atomic E-state index is 0.512. The van der Waals surface area contributed by atoms with E-state index in [1.807, 2.05) is 6.07 Å². The first-order chi connectivity index (χ1) is 8.61. The number of hydrogen-bond donors (Lipinski definition) is 0. The van der Waals surface area contributed by atoms with Crippen molar-refractivity contribution in [2.75, 3.05) is 32.1 Å². The summed E-state index contributed by atoms with van der Waals surface area (Å²) in [4.78, 5) is 4.69. The number of nitrogens with zero attached hydrogens (tertiary/aromatic N) is 2. The van der Waals surface area contributed by atoms with Crippen molar-refractivity contribution in [1.82, 2.24) is 4.90 Å². The Labute approximate surface area is 119 Å².